The first kappa shape index (κ1) is 19.0. The van der Waals surface area contributed by atoms with E-state index in [9.17, 15) is 9.90 Å². The zero-order valence-corrected chi connectivity index (χ0v) is 15.2. The van der Waals surface area contributed by atoms with E-state index in [1.54, 1.807) is 17.1 Å². The topological polar surface area (TPSA) is 82.4 Å². The van der Waals surface area contributed by atoms with Gasteiger partial charge in [-0.2, -0.15) is 5.10 Å². The molecule has 0 bridgehead atoms. The molecule has 136 valence electrons. The van der Waals surface area contributed by atoms with Gasteiger partial charge in [0.15, 0.2) is 0 Å². The Labute approximate surface area is 148 Å². The number of rotatable bonds is 7. The smallest absolute Gasteiger partial charge is 0.323 e. The minimum absolute atomic E-state index is 0.328. The van der Waals surface area contributed by atoms with Gasteiger partial charge in [0, 0.05) is 18.4 Å². The number of nitrogens with zero attached hydrogens (tertiary/aromatic N) is 3. The van der Waals surface area contributed by atoms with Crippen LogP contribution in [-0.2, 0) is 6.54 Å². The van der Waals surface area contributed by atoms with Crippen LogP contribution in [0.1, 0.15) is 25.3 Å². The van der Waals surface area contributed by atoms with Gasteiger partial charge < -0.3 is 20.6 Å². The van der Waals surface area contributed by atoms with Crippen LogP contribution in [0.15, 0.2) is 36.7 Å². The fourth-order valence-corrected chi connectivity index (χ4v) is 2.47. The summed E-state index contributed by atoms with van der Waals surface area (Å²) in [5, 5.41) is 19.6. The van der Waals surface area contributed by atoms with E-state index in [2.05, 4.69) is 29.6 Å². The third-order valence-electron chi connectivity index (χ3n) is 3.70. The lowest BCUT2D eigenvalue weighted by molar-refractivity contribution is 0.116. The second-order valence-electron chi connectivity index (χ2n) is 6.72. The first-order valence-corrected chi connectivity index (χ1v) is 8.36. The fourth-order valence-electron chi connectivity index (χ4n) is 2.47. The summed E-state index contributed by atoms with van der Waals surface area (Å²) >= 11 is 0. The minimum Gasteiger partial charge on any atom is -0.390 e. The Morgan fingerprint density at radius 1 is 1.20 bits per heavy atom. The molecule has 1 unspecified atom stereocenters. The molecular formula is C18H27N5O2. The third kappa shape index (κ3) is 6.21. The summed E-state index contributed by atoms with van der Waals surface area (Å²) in [5.41, 5.74) is 2.53. The molecule has 0 fully saturated rings. The average molecular weight is 345 g/mol. The molecule has 25 heavy (non-hydrogen) atoms. The normalized spacial score (nSPS) is 12.4. The largest absolute Gasteiger partial charge is 0.390 e. The highest BCUT2D eigenvalue weighted by atomic mass is 16.3. The van der Waals surface area contributed by atoms with Crippen molar-refractivity contribution in [3.8, 4) is 0 Å². The van der Waals surface area contributed by atoms with Gasteiger partial charge in [0.05, 0.1) is 24.5 Å². The van der Waals surface area contributed by atoms with Crippen molar-refractivity contribution < 1.29 is 9.90 Å². The van der Waals surface area contributed by atoms with Gasteiger partial charge in [-0.05, 0) is 37.7 Å². The Kier molecular flexibility index (Phi) is 6.55. The third-order valence-corrected chi connectivity index (χ3v) is 3.70. The van der Waals surface area contributed by atoms with Crippen LogP contribution >= 0.6 is 0 Å². The number of carbonyl (C=O) groups excluding carboxylic acids is 1. The van der Waals surface area contributed by atoms with Gasteiger partial charge in [-0.1, -0.05) is 26.0 Å². The number of aliphatic hydroxyl groups is 1. The molecule has 2 aromatic rings. The van der Waals surface area contributed by atoms with Gasteiger partial charge >= 0.3 is 6.03 Å². The fraction of sp³-hybridized carbons (Fsp3) is 0.444. The highest BCUT2D eigenvalue weighted by Gasteiger charge is 2.09. The maximum Gasteiger partial charge on any atom is 0.323 e. The molecule has 0 spiro atoms. The summed E-state index contributed by atoms with van der Waals surface area (Å²) in [5.74, 6) is 0.455. The molecule has 0 aliphatic carbocycles. The first-order valence-electron chi connectivity index (χ1n) is 8.36. The second-order valence-corrected chi connectivity index (χ2v) is 6.72. The molecule has 2 amide bonds. The number of urea groups is 1. The lowest BCUT2D eigenvalue weighted by atomic mass is 10.0. The van der Waals surface area contributed by atoms with E-state index < -0.39 is 6.10 Å². The van der Waals surface area contributed by atoms with Crippen LogP contribution < -0.4 is 10.6 Å². The Morgan fingerprint density at radius 3 is 2.44 bits per heavy atom. The molecule has 0 saturated heterocycles. The van der Waals surface area contributed by atoms with E-state index in [4.69, 9.17) is 0 Å². The van der Waals surface area contributed by atoms with Gasteiger partial charge in [-0.3, -0.25) is 4.68 Å². The van der Waals surface area contributed by atoms with Gasteiger partial charge in [0.1, 0.15) is 0 Å². The number of likely N-dealkylation sites (N-methyl/N-ethyl adjacent to an activating group) is 1. The van der Waals surface area contributed by atoms with E-state index in [-0.39, 0.29) is 6.03 Å². The van der Waals surface area contributed by atoms with Crippen molar-refractivity contribution in [3.63, 3.8) is 0 Å². The number of carbonyl (C=O) groups is 1. The molecule has 0 aliphatic rings. The maximum atomic E-state index is 12.1. The monoisotopic (exact) mass is 345 g/mol. The molecule has 0 aliphatic heterocycles. The summed E-state index contributed by atoms with van der Waals surface area (Å²) in [4.78, 5) is 14.0. The molecule has 7 nitrogen and oxygen atoms in total. The van der Waals surface area contributed by atoms with Crippen molar-refractivity contribution in [3.05, 3.63) is 42.2 Å². The molecular weight excluding hydrogens is 318 g/mol. The summed E-state index contributed by atoms with van der Waals surface area (Å²) < 4.78 is 1.61. The molecule has 2 rings (SSSR count). The second kappa shape index (κ2) is 8.64. The predicted octanol–water partition coefficient (Wildman–Crippen LogP) is 2.57. The predicted molar refractivity (Wildman–Crippen MR) is 100.0 cm³/mol. The van der Waals surface area contributed by atoms with Crippen molar-refractivity contribution >= 4 is 17.4 Å². The van der Waals surface area contributed by atoms with Gasteiger partial charge in [-0.25, -0.2) is 4.79 Å². The van der Waals surface area contributed by atoms with Crippen LogP contribution in [0, 0.1) is 0 Å². The maximum absolute atomic E-state index is 12.1. The molecule has 1 aromatic carbocycles. The van der Waals surface area contributed by atoms with Crippen LogP contribution in [0.2, 0.25) is 0 Å². The van der Waals surface area contributed by atoms with Crippen LogP contribution in [0.5, 0.6) is 0 Å². The van der Waals surface area contributed by atoms with Crippen LogP contribution in [0.3, 0.4) is 0 Å². The van der Waals surface area contributed by atoms with Crippen LogP contribution in [0.25, 0.3) is 0 Å². The van der Waals surface area contributed by atoms with Gasteiger partial charge in [0.2, 0.25) is 0 Å². The minimum atomic E-state index is -0.518. The molecule has 1 aromatic heterocycles. The Hall–Kier alpha value is -2.38. The molecule has 0 radical (unpaired) electrons. The summed E-state index contributed by atoms with van der Waals surface area (Å²) in [6.07, 6.45) is 2.74. The van der Waals surface area contributed by atoms with Gasteiger partial charge in [0.25, 0.3) is 0 Å². The lowest BCUT2D eigenvalue weighted by Crippen LogP contribution is -2.29. The number of benzene rings is 1. The standard InChI is InChI=1S/C18H27N5O2/c1-13(2)14-5-7-15(8-6-14)20-18(25)21-16-9-19-23(10-16)12-17(24)11-22(3)4/h5-10,13,17,24H,11-12H2,1-4H3,(H2,20,21,25). The number of hydrogen-bond acceptors (Lipinski definition) is 4. The van der Waals surface area contributed by atoms with E-state index in [1.165, 1.54) is 5.56 Å². The number of aromatic nitrogens is 2. The average Bonchev–Trinajstić information content (AvgIpc) is 2.93. The molecule has 1 heterocycles. The van der Waals surface area contributed by atoms with E-state index >= 15 is 0 Å². The first-order chi connectivity index (χ1) is 11.8. The van der Waals surface area contributed by atoms with Crippen molar-refractivity contribution in [2.24, 2.45) is 0 Å². The van der Waals surface area contributed by atoms with Gasteiger partial charge in [-0.15, -0.1) is 0 Å². The van der Waals surface area contributed by atoms with E-state index in [1.807, 2.05) is 43.3 Å². The van der Waals surface area contributed by atoms with Crippen molar-refractivity contribution in [2.75, 3.05) is 31.3 Å². The number of aliphatic hydroxyl groups excluding tert-OH is 1. The molecule has 7 heteroatoms. The summed E-state index contributed by atoms with van der Waals surface area (Å²) in [6.45, 7) is 5.18. The van der Waals surface area contributed by atoms with E-state index in [0.29, 0.717) is 24.7 Å². The Balaban J connectivity index is 1.86. The molecule has 0 saturated carbocycles. The Morgan fingerprint density at radius 2 is 1.84 bits per heavy atom. The SMILES string of the molecule is CC(C)c1ccc(NC(=O)Nc2cnn(CC(O)CN(C)C)c2)cc1. The zero-order valence-electron chi connectivity index (χ0n) is 15.2. The van der Waals surface area contributed by atoms with Crippen LogP contribution in [-0.4, -0.2) is 52.6 Å². The zero-order chi connectivity index (χ0) is 18.4. The quantitative estimate of drug-likeness (QED) is 0.720. The Bertz CT molecular complexity index is 679. The highest BCUT2D eigenvalue weighted by molar-refractivity contribution is 5.99. The number of hydrogen-bond donors (Lipinski definition) is 3. The van der Waals surface area contributed by atoms with Crippen molar-refractivity contribution in [1.82, 2.24) is 14.7 Å². The van der Waals surface area contributed by atoms with E-state index in [0.717, 1.165) is 5.69 Å². The number of nitrogens with one attached hydrogen (secondary N) is 2. The molecule has 3 N–H and O–H groups in total. The summed E-state index contributed by atoms with van der Waals surface area (Å²) in [6, 6.07) is 7.45. The van der Waals surface area contributed by atoms with Crippen molar-refractivity contribution in [1.29, 1.82) is 0 Å². The highest BCUT2D eigenvalue weighted by Crippen LogP contribution is 2.17. The molecule has 1 atom stereocenters. The lowest BCUT2D eigenvalue weighted by Gasteiger charge is -2.15. The summed E-state index contributed by atoms with van der Waals surface area (Å²) in [7, 11) is 3.80. The van der Waals surface area contributed by atoms with Crippen LogP contribution in [0.4, 0.5) is 16.2 Å². The van der Waals surface area contributed by atoms with Crippen molar-refractivity contribution in [2.45, 2.75) is 32.4 Å². The number of amides is 2. The number of anilines is 2.